The number of methoxy groups -OCH3 is 1. The van der Waals surface area contributed by atoms with E-state index in [0.29, 0.717) is 18.8 Å². The Hall–Kier alpha value is -1.78. The summed E-state index contributed by atoms with van der Waals surface area (Å²) >= 11 is 0. The van der Waals surface area contributed by atoms with Crippen molar-refractivity contribution >= 4 is 11.7 Å². The highest BCUT2D eigenvalue weighted by Gasteiger charge is 2.19. The highest BCUT2D eigenvalue weighted by atomic mass is 19.1. The molecule has 0 fully saturated rings. The van der Waals surface area contributed by atoms with Crippen molar-refractivity contribution in [2.75, 3.05) is 19.0 Å². The summed E-state index contributed by atoms with van der Waals surface area (Å²) in [6, 6.07) is 3.76. The molecule has 18 heavy (non-hydrogen) atoms. The molecule has 0 aliphatic carbocycles. The Bertz CT molecular complexity index is 409. The van der Waals surface area contributed by atoms with Crippen LogP contribution in [0.15, 0.2) is 18.2 Å². The van der Waals surface area contributed by atoms with Gasteiger partial charge in [-0.1, -0.05) is 6.92 Å². The van der Waals surface area contributed by atoms with Crippen LogP contribution in [-0.4, -0.2) is 25.7 Å². The normalized spacial score (nSPS) is 11.8. The number of nitrogens with one attached hydrogen (secondary N) is 1. The number of carbonyl (C=O) groups is 1. The molecule has 0 aliphatic heterocycles. The lowest BCUT2D eigenvalue weighted by Crippen LogP contribution is -2.31. The van der Waals surface area contributed by atoms with Crippen LogP contribution in [0.2, 0.25) is 0 Å². The smallest absolute Gasteiger partial charge is 0.328 e. The molecule has 5 heteroatoms. The Morgan fingerprint density at radius 1 is 1.44 bits per heavy atom. The zero-order chi connectivity index (χ0) is 13.5. The van der Waals surface area contributed by atoms with Crippen LogP contribution in [0.3, 0.4) is 0 Å². The number of anilines is 1. The van der Waals surface area contributed by atoms with E-state index in [-0.39, 0.29) is 11.7 Å². The molecule has 1 unspecified atom stereocenters. The molecule has 0 bridgehead atoms. The van der Waals surface area contributed by atoms with E-state index >= 15 is 0 Å². The molecule has 1 aromatic rings. The van der Waals surface area contributed by atoms with Crippen molar-refractivity contribution in [1.29, 1.82) is 0 Å². The fraction of sp³-hybridized carbons (Fsp3) is 0.462. The third kappa shape index (κ3) is 3.61. The van der Waals surface area contributed by atoms with Crippen LogP contribution in [0.4, 0.5) is 10.1 Å². The molecular formula is C13H18FNO3. The third-order valence-corrected chi connectivity index (χ3v) is 2.48. The van der Waals surface area contributed by atoms with E-state index in [4.69, 9.17) is 9.47 Å². The minimum absolute atomic E-state index is 0.231. The van der Waals surface area contributed by atoms with Crippen LogP contribution in [0.25, 0.3) is 0 Å². The topological polar surface area (TPSA) is 47.6 Å². The van der Waals surface area contributed by atoms with Crippen LogP contribution in [0, 0.1) is 5.82 Å². The average molecular weight is 255 g/mol. The van der Waals surface area contributed by atoms with E-state index in [2.05, 4.69) is 5.32 Å². The molecule has 0 radical (unpaired) electrons. The Labute approximate surface area is 106 Å². The largest absolute Gasteiger partial charge is 0.497 e. The number of hydrogen-bond donors (Lipinski definition) is 1. The molecule has 4 nitrogen and oxygen atoms in total. The molecule has 1 atom stereocenters. The summed E-state index contributed by atoms with van der Waals surface area (Å²) in [7, 11) is 1.50. The SMILES string of the molecule is CCOC(=O)C(CC)Nc1cc(OC)ccc1F. The van der Waals surface area contributed by atoms with E-state index in [1.807, 2.05) is 6.92 Å². The van der Waals surface area contributed by atoms with Crippen molar-refractivity contribution in [3.05, 3.63) is 24.0 Å². The molecule has 1 rings (SSSR count). The Morgan fingerprint density at radius 2 is 2.17 bits per heavy atom. The standard InChI is InChI=1S/C13H18FNO3/c1-4-11(13(16)18-5-2)15-12-8-9(17-3)6-7-10(12)14/h6-8,11,15H,4-5H2,1-3H3. The van der Waals surface area contributed by atoms with Gasteiger partial charge in [-0.3, -0.25) is 0 Å². The number of carbonyl (C=O) groups excluding carboxylic acids is 1. The van der Waals surface area contributed by atoms with Crippen molar-refractivity contribution in [3.8, 4) is 5.75 Å². The van der Waals surface area contributed by atoms with Crippen LogP contribution in [0.1, 0.15) is 20.3 Å². The summed E-state index contributed by atoms with van der Waals surface area (Å²) < 4.78 is 23.5. The van der Waals surface area contributed by atoms with Gasteiger partial charge in [-0.15, -0.1) is 0 Å². The van der Waals surface area contributed by atoms with Gasteiger partial charge >= 0.3 is 5.97 Å². The maximum Gasteiger partial charge on any atom is 0.328 e. The van der Waals surface area contributed by atoms with Crippen LogP contribution in [-0.2, 0) is 9.53 Å². The summed E-state index contributed by atoms with van der Waals surface area (Å²) in [4.78, 5) is 11.6. The molecule has 0 amide bonds. The highest BCUT2D eigenvalue weighted by Crippen LogP contribution is 2.22. The van der Waals surface area contributed by atoms with Gasteiger partial charge in [0.15, 0.2) is 0 Å². The van der Waals surface area contributed by atoms with Crippen molar-refractivity contribution in [2.24, 2.45) is 0 Å². The minimum atomic E-state index is -0.563. The first-order valence-electron chi connectivity index (χ1n) is 5.89. The van der Waals surface area contributed by atoms with Crippen molar-refractivity contribution in [3.63, 3.8) is 0 Å². The fourth-order valence-corrected chi connectivity index (χ4v) is 1.50. The molecule has 0 spiro atoms. The first-order valence-corrected chi connectivity index (χ1v) is 5.89. The van der Waals surface area contributed by atoms with E-state index < -0.39 is 11.9 Å². The van der Waals surface area contributed by atoms with Crippen LogP contribution in [0.5, 0.6) is 5.75 Å². The number of ether oxygens (including phenoxy) is 2. The van der Waals surface area contributed by atoms with E-state index in [0.717, 1.165) is 0 Å². The number of benzene rings is 1. The lowest BCUT2D eigenvalue weighted by atomic mass is 10.2. The molecule has 0 aromatic heterocycles. The van der Waals surface area contributed by atoms with E-state index in [1.54, 1.807) is 6.92 Å². The van der Waals surface area contributed by atoms with Gasteiger partial charge in [-0.25, -0.2) is 9.18 Å². The zero-order valence-corrected chi connectivity index (χ0v) is 10.8. The quantitative estimate of drug-likeness (QED) is 0.794. The molecule has 0 saturated heterocycles. The second-order valence-electron chi connectivity index (χ2n) is 3.70. The Kier molecular flexibility index (Phi) is 5.42. The first kappa shape index (κ1) is 14.3. The molecule has 1 aromatic carbocycles. The van der Waals surface area contributed by atoms with Gasteiger partial charge in [-0.05, 0) is 25.5 Å². The first-order chi connectivity index (χ1) is 8.62. The minimum Gasteiger partial charge on any atom is -0.497 e. The average Bonchev–Trinajstić information content (AvgIpc) is 2.38. The van der Waals surface area contributed by atoms with Crippen molar-refractivity contribution in [2.45, 2.75) is 26.3 Å². The third-order valence-electron chi connectivity index (χ3n) is 2.48. The molecule has 100 valence electrons. The van der Waals surface area contributed by atoms with Gasteiger partial charge in [0, 0.05) is 6.07 Å². The number of hydrogen-bond acceptors (Lipinski definition) is 4. The second-order valence-corrected chi connectivity index (χ2v) is 3.70. The van der Waals surface area contributed by atoms with Crippen molar-refractivity contribution < 1.29 is 18.7 Å². The van der Waals surface area contributed by atoms with Gasteiger partial charge in [0.2, 0.25) is 0 Å². The number of halogens is 1. The van der Waals surface area contributed by atoms with Gasteiger partial charge < -0.3 is 14.8 Å². The van der Waals surface area contributed by atoms with E-state index in [1.165, 1.54) is 25.3 Å². The van der Waals surface area contributed by atoms with Gasteiger partial charge in [-0.2, -0.15) is 0 Å². The van der Waals surface area contributed by atoms with Crippen molar-refractivity contribution in [1.82, 2.24) is 0 Å². The van der Waals surface area contributed by atoms with Gasteiger partial charge in [0.05, 0.1) is 19.4 Å². The summed E-state index contributed by atoms with van der Waals surface area (Å²) in [5.41, 5.74) is 0.231. The molecule has 0 saturated carbocycles. The molecular weight excluding hydrogens is 237 g/mol. The maximum atomic E-state index is 13.6. The number of rotatable bonds is 6. The monoisotopic (exact) mass is 255 g/mol. The molecule has 0 aliphatic rings. The summed E-state index contributed by atoms with van der Waals surface area (Å²) in [6.45, 7) is 3.86. The van der Waals surface area contributed by atoms with Gasteiger partial charge in [0.25, 0.3) is 0 Å². The summed E-state index contributed by atoms with van der Waals surface area (Å²) in [6.07, 6.45) is 0.509. The number of esters is 1. The lowest BCUT2D eigenvalue weighted by Gasteiger charge is -2.17. The molecule has 1 N–H and O–H groups in total. The Balaban J connectivity index is 2.83. The predicted molar refractivity (Wildman–Crippen MR) is 67.3 cm³/mol. The fourth-order valence-electron chi connectivity index (χ4n) is 1.50. The summed E-state index contributed by atoms with van der Waals surface area (Å²) in [5.74, 6) is -0.293. The lowest BCUT2D eigenvalue weighted by molar-refractivity contribution is -0.144. The highest BCUT2D eigenvalue weighted by molar-refractivity contribution is 5.79. The van der Waals surface area contributed by atoms with Crippen LogP contribution < -0.4 is 10.1 Å². The predicted octanol–water partition coefficient (Wildman–Crippen LogP) is 2.59. The maximum absolute atomic E-state index is 13.6. The van der Waals surface area contributed by atoms with E-state index in [9.17, 15) is 9.18 Å². The van der Waals surface area contributed by atoms with Gasteiger partial charge in [0.1, 0.15) is 17.6 Å². The summed E-state index contributed by atoms with van der Waals surface area (Å²) in [5, 5.41) is 2.83. The second kappa shape index (κ2) is 6.83. The molecule has 0 heterocycles. The Morgan fingerprint density at radius 3 is 2.72 bits per heavy atom. The van der Waals surface area contributed by atoms with Crippen LogP contribution >= 0.6 is 0 Å². The zero-order valence-electron chi connectivity index (χ0n) is 10.8.